The fraction of sp³-hybridized carbons (Fsp3) is 0.450. The van der Waals surface area contributed by atoms with Gasteiger partial charge in [0.05, 0.1) is 12.6 Å². The molecule has 0 radical (unpaired) electrons. The van der Waals surface area contributed by atoms with Crippen molar-refractivity contribution in [2.75, 3.05) is 6.54 Å². The van der Waals surface area contributed by atoms with Crippen LogP contribution in [0.2, 0.25) is 0 Å². The third kappa shape index (κ3) is 5.08. The van der Waals surface area contributed by atoms with E-state index in [1.807, 2.05) is 36.9 Å². The summed E-state index contributed by atoms with van der Waals surface area (Å²) in [6.45, 7) is 4.95. The molecule has 1 fully saturated rings. The molecule has 1 amide bonds. The van der Waals surface area contributed by atoms with E-state index in [1.165, 1.54) is 17.4 Å². The molecule has 27 heavy (non-hydrogen) atoms. The van der Waals surface area contributed by atoms with Crippen molar-refractivity contribution in [2.45, 2.75) is 51.5 Å². The molecule has 4 nitrogen and oxygen atoms in total. The summed E-state index contributed by atoms with van der Waals surface area (Å²) in [5, 5.41) is 0. The van der Waals surface area contributed by atoms with Gasteiger partial charge in [0.2, 0.25) is 0 Å². The van der Waals surface area contributed by atoms with Crippen LogP contribution in [0.25, 0.3) is 10.4 Å². The number of thiophene rings is 1. The number of hydrogen-bond donors (Lipinski definition) is 1. The number of carbonyl (C=O) groups excluding carboxylic acids is 1. The lowest BCUT2D eigenvalue weighted by Gasteiger charge is -2.29. The summed E-state index contributed by atoms with van der Waals surface area (Å²) in [5.41, 5.74) is 6.24. The highest BCUT2D eigenvalue weighted by Crippen LogP contribution is 2.31. The van der Waals surface area contributed by atoms with Gasteiger partial charge in [-0.05, 0) is 44.9 Å². The predicted molar refractivity (Wildman–Crippen MR) is 110 cm³/mol. The number of benzene rings is 1. The quantitative estimate of drug-likeness (QED) is 0.772. The number of halogens is 2. The lowest BCUT2D eigenvalue weighted by molar-refractivity contribution is -0.145. The van der Waals surface area contributed by atoms with Crippen molar-refractivity contribution in [3.05, 3.63) is 47.1 Å². The van der Waals surface area contributed by atoms with Crippen LogP contribution in [0.5, 0.6) is 0 Å². The second-order valence-corrected chi connectivity index (χ2v) is 8.03. The largest absolute Gasteiger partial charge is 0.364 e. The Hall–Kier alpha value is -1.47. The van der Waals surface area contributed by atoms with Gasteiger partial charge in [0, 0.05) is 27.9 Å². The predicted octanol–water partition coefficient (Wildman–Crippen LogP) is 4.22. The molecule has 0 aliphatic carbocycles. The number of ether oxygens (including phenoxy) is 1. The van der Waals surface area contributed by atoms with Crippen molar-refractivity contribution in [1.82, 2.24) is 4.90 Å². The zero-order valence-electron chi connectivity index (χ0n) is 15.6. The summed E-state index contributed by atoms with van der Waals surface area (Å²) in [4.78, 5) is 16.6. The number of carbonyl (C=O) groups is 1. The molecule has 1 aromatic carbocycles. The summed E-state index contributed by atoms with van der Waals surface area (Å²) in [5.74, 6) is -0.221. The van der Waals surface area contributed by atoms with E-state index in [-0.39, 0.29) is 36.3 Å². The molecule has 2 aromatic rings. The molecule has 2 atom stereocenters. The number of nitrogens with two attached hydrogens (primary N) is 1. The van der Waals surface area contributed by atoms with Gasteiger partial charge in [-0.1, -0.05) is 18.2 Å². The first-order chi connectivity index (χ1) is 12.5. The van der Waals surface area contributed by atoms with E-state index in [9.17, 15) is 9.18 Å². The van der Waals surface area contributed by atoms with Gasteiger partial charge < -0.3 is 15.4 Å². The topological polar surface area (TPSA) is 55.6 Å². The maximum atomic E-state index is 14.0. The Labute approximate surface area is 169 Å². The first-order valence-electron chi connectivity index (χ1n) is 8.99. The number of nitrogens with zero attached hydrogens (tertiary/aromatic N) is 1. The normalized spacial score (nSPS) is 19.1. The van der Waals surface area contributed by atoms with Gasteiger partial charge in [-0.15, -0.1) is 23.7 Å². The van der Waals surface area contributed by atoms with Crippen LogP contribution in [0.3, 0.4) is 0 Å². The third-order valence-electron chi connectivity index (χ3n) is 4.68. The average molecular weight is 413 g/mol. The van der Waals surface area contributed by atoms with Gasteiger partial charge in [0.25, 0.3) is 5.91 Å². The van der Waals surface area contributed by atoms with Gasteiger partial charge in [0.15, 0.2) is 0 Å². The number of hydrogen-bond acceptors (Lipinski definition) is 4. The minimum atomic E-state index is -0.406. The Morgan fingerprint density at radius 1 is 1.30 bits per heavy atom. The molecule has 148 valence electrons. The molecule has 0 saturated carbocycles. The summed E-state index contributed by atoms with van der Waals surface area (Å²) in [6.07, 6.45) is 1.12. The Morgan fingerprint density at radius 2 is 2.04 bits per heavy atom. The molecule has 2 heterocycles. The zero-order valence-corrected chi connectivity index (χ0v) is 17.2. The van der Waals surface area contributed by atoms with E-state index in [2.05, 4.69) is 0 Å². The molecule has 1 aliphatic rings. The van der Waals surface area contributed by atoms with Crippen molar-refractivity contribution in [3.63, 3.8) is 0 Å². The molecule has 1 saturated heterocycles. The van der Waals surface area contributed by atoms with Crippen molar-refractivity contribution in [2.24, 2.45) is 5.73 Å². The highest BCUT2D eigenvalue weighted by atomic mass is 35.5. The highest BCUT2D eigenvalue weighted by molar-refractivity contribution is 7.15. The fourth-order valence-electron chi connectivity index (χ4n) is 3.20. The van der Waals surface area contributed by atoms with Crippen LogP contribution in [0.1, 0.15) is 31.6 Å². The van der Waals surface area contributed by atoms with Crippen molar-refractivity contribution < 1.29 is 13.9 Å². The van der Waals surface area contributed by atoms with Crippen LogP contribution in [0.4, 0.5) is 4.39 Å². The zero-order chi connectivity index (χ0) is 18.7. The maximum absolute atomic E-state index is 14.0. The molecule has 3 rings (SSSR count). The fourth-order valence-corrected chi connectivity index (χ4v) is 4.23. The second kappa shape index (κ2) is 9.64. The number of amides is 1. The minimum Gasteiger partial charge on any atom is -0.364 e. The summed E-state index contributed by atoms with van der Waals surface area (Å²) in [6, 6.07) is 10.7. The SMILES string of the molecule is CC(C)N(Cc1ccc(-c2ccccc2F)s1)C(=O)[C@@H]1CC[C@H](CN)O1.Cl. The van der Waals surface area contributed by atoms with Gasteiger partial charge in [-0.25, -0.2) is 4.39 Å². The van der Waals surface area contributed by atoms with Gasteiger partial charge >= 0.3 is 0 Å². The first kappa shape index (κ1) is 21.8. The van der Waals surface area contributed by atoms with E-state index in [4.69, 9.17) is 10.5 Å². The van der Waals surface area contributed by atoms with Crippen molar-refractivity contribution in [1.29, 1.82) is 0 Å². The van der Waals surface area contributed by atoms with Crippen molar-refractivity contribution >= 4 is 29.7 Å². The van der Waals surface area contributed by atoms with E-state index >= 15 is 0 Å². The van der Waals surface area contributed by atoms with Crippen LogP contribution in [-0.2, 0) is 16.1 Å². The Balaban J connectivity index is 0.00000261. The average Bonchev–Trinajstić information content (AvgIpc) is 3.28. The Bertz CT molecular complexity index is 768. The van der Waals surface area contributed by atoms with E-state index < -0.39 is 6.10 Å². The molecule has 1 aliphatic heterocycles. The van der Waals surface area contributed by atoms with Gasteiger partial charge in [0.1, 0.15) is 11.9 Å². The summed E-state index contributed by atoms with van der Waals surface area (Å²) < 4.78 is 19.8. The maximum Gasteiger partial charge on any atom is 0.252 e. The van der Waals surface area contributed by atoms with Crippen LogP contribution >= 0.6 is 23.7 Å². The number of rotatable bonds is 6. The highest BCUT2D eigenvalue weighted by Gasteiger charge is 2.34. The lowest BCUT2D eigenvalue weighted by atomic mass is 10.1. The van der Waals surface area contributed by atoms with E-state index in [0.29, 0.717) is 18.7 Å². The monoisotopic (exact) mass is 412 g/mol. The molecule has 0 spiro atoms. The Kier molecular flexibility index (Phi) is 7.79. The summed E-state index contributed by atoms with van der Waals surface area (Å²) >= 11 is 1.52. The second-order valence-electron chi connectivity index (χ2n) is 6.87. The minimum absolute atomic E-state index is 0. The third-order valence-corrected chi connectivity index (χ3v) is 5.78. The van der Waals surface area contributed by atoms with Crippen LogP contribution in [-0.4, -0.2) is 35.6 Å². The van der Waals surface area contributed by atoms with Crippen molar-refractivity contribution in [3.8, 4) is 10.4 Å². The van der Waals surface area contributed by atoms with E-state index in [0.717, 1.165) is 22.6 Å². The smallest absolute Gasteiger partial charge is 0.252 e. The molecule has 0 unspecified atom stereocenters. The molecule has 0 bridgehead atoms. The first-order valence-corrected chi connectivity index (χ1v) is 9.81. The van der Waals surface area contributed by atoms with Crippen LogP contribution < -0.4 is 5.73 Å². The molecule has 7 heteroatoms. The lowest BCUT2D eigenvalue weighted by Crippen LogP contribution is -2.43. The standard InChI is InChI=1S/C20H25FN2O2S.ClH/c1-13(2)23(20(24)18-9-7-14(11-22)25-18)12-15-8-10-19(26-15)16-5-3-4-6-17(16)21;/h3-6,8,10,13-14,18H,7,9,11-12,22H2,1-2H3;1H/t14-,18+;/m1./s1. The summed E-state index contributed by atoms with van der Waals surface area (Å²) in [7, 11) is 0. The molecule has 2 N–H and O–H groups in total. The molecular formula is C20H26ClFN2O2S. The molecule has 1 aromatic heterocycles. The van der Waals surface area contributed by atoms with Crippen LogP contribution in [0, 0.1) is 5.82 Å². The van der Waals surface area contributed by atoms with Gasteiger partial charge in [-0.3, -0.25) is 4.79 Å². The molecular weight excluding hydrogens is 387 g/mol. The Morgan fingerprint density at radius 3 is 2.67 bits per heavy atom. The van der Waals surface area contributed by atoms with Gasteiger partial charge in [-0.2, -0.15) is 0 Å². The van der Waals surface area contributed by atoms with E-state index in [1.54, 1.807) is 12.1 Å². The van der Waals surface area contributed by atoms with Crippen LogP contribution in [0.15, 0.2) is 36.4 Å².